The minimum atomic E-state index is -3.65. The number of aromatic nitrogens is 1. The summed E-state index contributed by atoms with van der Waals surface area (Å²) in [5, 5.41) is 9.20. The SMILES string of the molecule is CCS(=O)(=O)Nc1ccc(Oc2ccc(F)cc2F)c(-c2cn(C)c(=O)c3cc(-c4ccc(OCCCO)cc4)oc23)c1. The molecule has 5 aromatic rings. The molecule has 0 aliphatic heterocycles. The number of sulfonamides is 1. The maximum absolute atomic E-state index is 14.6. The number of hydrogen-bond donors (Lipinski definition) is 2. The maximum atomic E-state index is 14.6. The molecular weight excluding hydrogens is 582 g/mol. The van der Waals surface area contributed by atoms with Crippen molar-refractivity contribution in [2.45, 2.75) is 13.3 Å². The Labute approximate surface area is 246 Å². The van der Waals surface area contributed by atoms with Gasteiger partial charge in [0.05, 0.1) is 17.7 Å². The van der Waals surface area contributed by atoms with Crippen LogP contribution < -0.4 is 19.8 Å². The number of aliphatic hydroxyl groups is 1. The smallest absolute Gasteiger partial charge is 0.261 e. The molecule has 0 aliphatic carbocycles. The quantitative estimate of drug-likeness (QED) is 0.175. The van der Waals surface area contributed by atoms with Crippen LogP contribution in [-0.2, 0) is 17.1 Å². The Morgan fingerprint density at radius 2 is 1.72 bits per heavy atom. The molecule has 5 rings (SSSR count). The molecule has 0 aliphatic rings. The number of aliphatic hydroxyl groups excluding tert-OH is 1. The molecule has 43 heavy (non-hydrogen) atoms. The van der Waals surface area contributed by atoms with E-state index in [9.17, 15) is 22.0 Å². The van der Waals surface area contributed by atoms with Gasteiger partial charge in [-0.15, -0.1) is 0 Å². The van der Waals surface area contributed by atoms with Crippen LogP contribution in [0, 0.1) is 11.6 Å². The molecule has 0 bridgehead atoms. The third kappa shape index (κ3) is 6.55. The zero-order valence-electron chi connectivity index (χ0n) is 23.3. The molecule has 0 saturated carbocycles. The molecule has 2 aromatic heterocycles. The van der Waals surface area contributed by atoms with Gasteiger partial charge in [0.1, 0.15) is 28.7 Å². The molecule has 0 atom stereocenters. The van der Waals surface area contributed by atoms with Crippen LogP contribution in [0.4, 0.5) is 14.5 Å². The molecule has 3 aromatic carbocycles. The zero-order chi connectivity index (χ0) is 30.7. The lowest BCUT2D eigenvalue weighted by Crippen LogP contribution is -2.16. The summed E-state index contributed by atoms with van der Waals surface area (Å²) in [7, 11) is -2.09. The number of anilines is 1. The monoisotopic (exact) mass is 610 g/mol. The van der Waals surface area contributed by atoms with Crippen LogP contribution in [0.15, 0.2) is 82.1 Å². The number of fused-ring (bicyclic) bond motifs is 1. The number of aryl methyl sites for hydroxylation is 1. The summed E-state index contributed by atoms with van der Waals surface area (Å²) in [6.07, 6.45) is 2.01. The molecule has 0 fully saturated rings. The fraction of sp³-hybridized carbons (Fsp3) is 0.194. The second-order valence-corrected chi connectivity index (χ2v) is 11.7. The van der Waals surface area contributed by atoms with Crippen LogP contribution in [0.1, 0.15) is 13.3 Å². The molecule has 224 valence electrons. The van der Waals surface area contributed by atoms with E-state index in [2.05, 4.69) is 4.72 Å². The molecule has 0 spiro atoms. The van der Waals surface area contributed by atoms with Gasteiger partial charge in [-0.2, -0.15) is 0 Å². The van der Waals surface area contributed by atoms with E-state index >= 15 is 0 Å². The third-order valence-corrected chi connectivity index (χ3v) is 7.90. The van der Waals surface area contributed by atoms with Crippen molar-refractivity contribution < 1.29 is 36.2 Å². The normalized spacial score (nSPS) is 11.6. The van der Waals surface area contributed by atoms with Crippen molar-refractivity contribution in [2.24, 2.45) is 7.05 Å². The number of pyridine rings is 1. The average molecular weight is 611 g/mol. The number of hydrogen-bond acceptors (Lipinski definition) is 7. The number of nitrogens with zero attached hydrogens (tertiary/aromatic N) is 1. The fourth-order valence-corrected chi connectivity index (χ4v) is 5.01. The molecule has 2 heterocycles. The molecule has 9 nitrogen and oxygen atoms in total. The van der Waals surface area contributed by atoms with Crippen molar-refractivity contribution in [2.75, 3.05) is 23.7 Å². The number of ether oxygens (including phenoxy) is 2. The van der Waals surface area contributed by atoms with E-state index in [-0.39, 0.29) is 51.6 Å². The summed E-state index contributed by atoms with van der Waals surface area (Å²) < 4.78 is 74.2. The predicted octanol–water partition coefficient (Wildman–Crippen LogP) is 6.06. The van der Waals surface area contributed by atoms with Gasteiger partial charge in [-0.25, -0.2) is 17.2 Å². The van der Waals surface area contributed by atoms with Gasteiger partial charge < -0.3 is 23.6 Å². The summed E-state index contributed by atoms with van der Waals surface area (Å²) in [5.41, 5.74) is 1.37. The fourth-order valence-electron chi connectivity index (χ4n) is 4.38. The van der Waals surface area contributed by atoms with Crippen molar-refractivity contribution in [3.05, 3.63) is 94.9 Å². The van der Waals surface area contributed by atoms with E-state index in [4.69, 9.17) is 19.0 Å². The highest BCUT2D eigenvalue weighted by molar-refractivity contribution is 7.92. The van der Waals surface area contributed by atoms with Crippen LogP contribution in [0.3, 0.4) is 0 Å². The lowest BCUT2D eigenvalue weighted by molar-refractivity contribution is 0.233. The topological polar surface area (TPSA) is 120 Å². The molecule has 0 unspecified atom stereocenters. The Morgan fingerprint density at radius 1 is 0.977 bits per heavy atom. The Bertz CT molecular complexity index is 1950. The maximum Gasteiger partial charge on any atom is 0.261 e. The van der Waals surface area contributed by atoms with Crippen molar-refractivity contribution in [1.29, 1.82) is 0 Å². The van der Waals surface area contributed by atoms with E-state index in [1.807, 2.05) is 0 Å². The van der Waals surface area contributed by atoms with Gasteiger partial charge in [0.25, 0.3) is 5.56 Å². The van der Waals surface area contributed by atoms with Crippen LogP contribution in [0.2, 0.25) is 0 Å². The summed E-state index contributed by atoms with van der Waals surface area (Å²) in [5.74, 6) is -1.04. The third-order valence-electron chi connectivity index (χ3n) is 6.60. The average Bonchev–Trinajstić information content (AvgIpc) is 3.43. The van der Waals surface area contributed by atoms with Crippen molar-refractivity contribution >= 4 is 26.7 Å². The van der Waals surface area contributed by atoms with Crippen LogP contribution >= 0.6 is 0 Å². The van der Waals surface area contributed by atoms with Gasteiger partial charge in [0, 0.05) is 54.7 Å². The van der Waals surface area contributed by atoms with E-state index < -0.39 is 21.7 Å². The van der Waals surface area contributed by atoms with E-state index in [0.717, 1.165) is 12.1 Å². The van der Waals surface area contributed by atoms with E-state index in [1.165, 1.54) is 35.9 Å². The molecule has 0 amide bonds. The van der Waals surface area contributed by atoms with Gasteiger partial charge in [-0.3, -0.25) is 9.52 Å². The first-order valence-electron chi connectivity index (χ1n) is 13.3. The van der Waals surface area contributed by atoms with Crippen LogP contribution in [0.25, 0.3) is 33.4 Å². The lowest BCUT2D eigenvalue weighted by Gasteiger charge is -2.15. The second kappa shape index (κ2) is 12.3. The first-order valence-corrected chi connectivity index (χ1v) is 15.0. The van der Waals surface area contributed by atoms with Gasteiger partial charge in [0.15, 0.2) is 11.6 Å². The Hall–Kier alpha value is -4.68. The lowest BCUT2D eigenvalue weighted by atomic mass is 10.0. The number of rotatable bonds is 11. The summed E-state index contributed by atoms with van der Waals surface area (Å²) in [6, 6.07) is 15.9. The number of nitrogens with one attached hydrogen (secondary N) is 1. The molecule has 2 N–H and O–H groups in total. The zero-order valence-corrected chi connectivity index (χ0v) is 24.1. The molecular formula is C31H28F2N2O7S. The Balaban J connectivity index is 1.64. The summed E-state index contributed by atoms with van der Waals surface area (Å²) >= 11 is 0. The summed E-state index contributed by atoms with van der Waals surface area (Å²) in [4.78, 5) is 13.2. The van der Waals surface area contributed by atoms with Crippen LogP contribution in [0.5, 0.6) is 17.2 Å². The van der Waals surface area contributed by atoms with E-state index in [0.29, 0.717) is 41.7 Å². The van der Waals surface area contributed by atoms with Crippen molar-refractivity contribution in [3.63, 3.8) is 0 Å². The highest BCUT2D eigenvalue weighted by Crippen LogP contribution is 2.41. The number of furan rings is 1. The second-order valence-electron chi connectivity index (χ2n) is 9.66. The Morgan fingerprint density at radius 3 is 2.42 bits per heavy atom. The first-order chi connectivity index (χ1) is 20.6. The summed E-state index contributed by atoms with van der Waals surface area (Å²) in [6.45, 7) is 1.87. The predicted molar refractivity (Wildman–Crippen MR) is 159 cm³/mol. The van der Waals surface area contributed by atoms with Gasteiger partial charge in [-0.1, -0.05) is 0 Å². The minimum absolute atomic E-state index is 0.0212. The first kappa shape index (κ1) is 29.8. The van der Waals surface area contributed by atoms with E-state index in [1.54, 1.807) is 37.4 Å². The molecule has 0 saturated heterocycles. The highest BCUT2D eigenvalue weighted by atomic mass is 32.2. The van der Waals surface area contributed by atoms with Crippen molar-refractivity contribution in [1.82, 2.24) is 4.57 Å². The highest BCUT2D eigenvalue weighted by Gasteiger charge is 2.21. The standard InChI is InChI=1S/C31H28F2N2O7S/c1-3-43(38,39)34-21-8-12-27(41-28-11-7-20(32)15-26(28)33)23(16-21)25-18-35(2)31(37)24-17-29(42-30(24)25)19-5-9-22(10-6-19)40-14-4-13-36/h5-12,15-18,34,36H,3-4,13-14H2,1-2H3. The number of halogens is 2. The molecule has 0 radical (unpaired) electrons. The largest absolute Gasteiger partial charge is 0.494 e. The molecule has 12 heteroatoms. The van der Waals surface area contributed by atoms with Crippen LogP contribution in [-0.4, -0.2) is 37.1 Å². The Kier molecular flexibility index (Phi) is 8.51. The minimum Gasteiger partial charge on any atom is -0.494 e. The van der Waals surface area contributed by atoms with Gasteiger partial charge >= 0.3 is 0 Å². The van der Waals surface area contributed by atoms with Crippen molar-refractivity contribution in [3.8, 4) is 39.7 Å². The number of benzene rings is 3. The van der Waals surface area contributed by atoms with Gasteiger partial charge in [-0.05, 0) is 67.6 Å². The van der Waals surface area contributed by atoms with Gasteiger partial charge in [0.2, 0.25) is 10.0 Å².